The first-order chi connectivity index (χ1) is 11.0. The first-order valence-corrected chi connectivity index (χ1v) is 7.06. The van der Waals surface area contributed by atoms with Gasteiger partial charge >= 0.3 is 5.97 Å². The smallest absolute Gasteiger partial charge is 0.352 e. The van der Waals surface area contributed by atoms with Crippen LogP contribution in [0.25, 0.3) is 11.1 Å². The molecule has 23 heavy (non-hydrogen) atoms. The molecule has 0 fully saturated rings. The van der Waals surface area contributed by atoms with E-state index < -0.39 is 5.97 Å². The summed E-state index contributed by atoms with van der Waals surface area (Å²) in [5.74, 6) is 1.05. The number of hydrogen-bond acceptors (Lipinski definition) is 4. The Balaban J connectivity index is 2.10. The zero-order chi connectivity index (χ0) is 16.6. The molecule has 2 aromatic heterocycles. The fourth-order valence-electron chi connectivity index (χ4n) is 2.65. The number of rotatable bonds is 5. The molecule has 6 nitrogen and oxygen atoms in total. The summed E-state index contributed by atoms with van der Waals surface area (Å²) >= 11 is 0. The number of carbonyl (C=O) groups is 1. The van der Waals surface area contributed by atoms with E-state index in [0.717, 1.165) is 16.8 Å². The van der Waals surface area contributed by atoms with Gasteiger partial charge in [0.1, 0.15) is 23.0 Å². The summed E-state index contributed by atoms with van der Waals surface area (Å²) in [6.07, 6.45) is 0. The maximum absolute atomic E-state index is 11.5. The molecular weight excluding hydrogens is 298 g/mol. The van der Waals surface area contributed by atoms with E-state index in [1.807, 2.05) is 25.1 Å². The van der Waals surface area contributed by atoms with Gasteiger partial charge in [0.15, 0.2) is 5.58 Å². The van der Waals surface area contributed by atoms with Crippen molar-refractivity contribution >= 4 is 17.1 Å². The molecule has 0 radical (unpaired) electrons. The van der Waals surface area contributed by atoms with E-state index in [9.17, 15) is 9.90 Å². The van der Waals surface area contributed by atoms with Crippen molar-refractivity contribution < 1.29 is 23.8 Å². The monoisotopic (exact) mass is 315 g/mol. The lowest BCUT2D eigenvalue weighted by Gasteiger charge is -2.11. The minimum atomic E-state index is -0.996. The van der Waals surface area contributed by atoms with Crippen molar-refractivity contribution in [3.05, 3.63) is 47.3 Å². The lowest BCUT2D eigenvalue weighted by molar-refractivity contribution is 0.0686. The van der Waals surface area contributed by atoms with E-state index in [1.54, 1.807) is 30.9 Å². The molecule has 0 saturated heterocycles. The van der Waals surface area contributed by atoms with Crippen LogP contribution in [0.1, 0.15) is 21.8 Å². The molecule has 3 aromatic rings. The van der Waals surface area contributed by atoms with E-state index >= 15 is 0 Å². The molecule has 3 rings (SSSR count). The summed E-state index contributed by atoms with van der Waals surface area (Å²) in [7, 11) is 3.16. The number of furan rings is 1. The van der Waals surface area contributed by atoms with Gasteiger partial charge in [-0.05, 0) is 24.6 Å². The van der Waals surface area contributed by atoms with Crippen molar-refractivity contribution in [3.8, 4) is 11.5 Å². The molecule has 0 aliphatic heterocycles. The van der Waals surface area contributed by atoms with Crippen LogP contribution < -0.4 is 9.47 Å². The first kappa shape index (κ1) is 15.0. The molecule has 0 aliphatic carbocycles. The van der Waals surface area contributed by atoms with Gasteiger partial charge in [0.25, 0.3) is 0 Å². The van der Waals surface area contributed by atoms with E-state index in [-0.39, 0.29) is 5.69 Å². The molecule has 0 aliphatic rings. The fourth-order valence-corrected chi connectivity index (χ4v) is 2.65. The highest BCUT2D eigenvalue weighted by Gasteiger charge is 2.18. The summed E-state index contributed by atoms with van der Waals surface area (Å²) in [5.41, 5.74) is 2.37. The molecule has 120 valence electrons. The molecule has 1 aromatic carbocycles. The van der Waals surface area contributed by atoms with Gasteiger partial charge in [-0.15, -0.1) is 0 Å². The molecule has 1 N–H and O–H groups in total. The summed E-state index contributed by atoms with van der Waals surface area (Å²) in [6, 6.07) is 8.86. The minimum Gasteiger partial charge on any atom is -0.497 e. The molecular formula is C17H17NO5. The zero-order valence-corrected chi connectivity index (χ0v) is 13.1. The highest BCUT2D eigenvalue weighted by Crippen LogP contribution is 2.27. The molecule has 0 atom stereocenters. The number of carboxylic acid groups (broad SMARTS) is 1. The van der Waals surface area contributed by atoms with Crippen LogP contribution in [0.2, 0.25) is 0 Å². The van der Waals surface area contributed by atoms with Gasteiger partial charge in [-0.25, -0.2) is 4.79 Å². The third-order valence-corrected chi connectivity index (χ3v) is 3.68. The topological polar surface area (TPSA) is 73.8 Å². The Morgan fingerprint density at radius 1 is 1.13 bits per heavy atom. The van der Waals surface area contributed by atoms with Gasteiger partial charge < -0.3 is 23.6 Å². The number of carboxylic acids is 1. The van der Waals surface area contributed by atoms with Crippen LogP contribution in [-0.4, -0.2) is 29.9 Å². The molecule has 2 heterocycles. The molecule has 0 unspecified atom stereocenters. The molecule has 6 heteroatoms. The molecule has 0 bridgehead atoms. The van der Waals surface area contributed by atoms with Crippen molar-refractivity contribution in [2.45, 2.75) is 13.5 Å². The van der Waals surface area contributed by atoms with Crippen LogP contribution >= 0.6 is 0 Å². The lowest BCUT2D eigenvalue weighted by Crippen LogP contribution is -2.09. The second kappa shape index (κ2) is 5.72. The van der Waals surface area contributed by atoms with Crippen molar-refractivity contribution in [2.75, 3.05) is 14.2 Å². The molecule has 0 amide bonds. The van der Waals surface area contributed by atoms with E-state index in [1.165, 1.54) is 0 Å². The van der Waals surface area contributed by atoms with Gasteiger partial charge in [-0.3, -0.25) is 0 Å². The second-order valence-corrected chi connectivity index (χ2v) is 5.25. The average molecular weight is 315 g/mol. The van der Waals surface area contributed by atoms with Crippen LogP contribution in [0.15, 0.2) is 34.7 Å². The predicted molar refractivity (Wildman–Crippen MR) is 84.5 cm³/mol. The largest absolute Gasteiger partial charge is 0.497 e. The van der Waals surface area contributed by atoms with Crippen molar-refractivity contribution in [3.63, 3.8) is 0 Å². The molecule has 0 spiro atoms. The Bertz CT molecular complexity index is 852. The predicted octanol–water partition coefficient (Wildman–Crippen LogP) is 3.31. The number of ether oxygens (including phenoxy) is 2. The van der Waals surface area contributed by atoms with Crippen molar-refractivity contribution in [1.82, 2.24) is 4.57 Å². The highest BCUT2D eigenvalue weighted by molar-refractivity contribution is 5.93. The number of methoxy groups -OCH3 is 2. The first-order valence-electron chi connectivity index (χ1n) is 7.06. The maximum Gasteiger partial charge on any atom is 0.352 e. The number of nitrogens with zero attached hydrogens (tertiary/aromatic N) is 1. The van der Waals surface area contributed by atoms with Gasteiger partial charge in [0.05, 0.1) is 19.7 Å². The fraction of sp³-hybridized carbons (Fsp3) is 0.235. The number of aryl methyl sites for hydroxylation is 1. The van der Waals surface area contributed by atoms with Gasteiger partial charge in [0.2, 0.25) is 0 Å². The van der Waals surface area contributed by atoms with Gasteiger partial charge in [-0.1, -0.05) is 0 Å². The number of benzene rings is 1. The van der Waals surface area contributed by atoms with Crippen LogP contribution in [0, 0.1) is 6.92 Å². The van der Waals surface area contributed by atoms with E-state index in [0.29, 0.717) is 23.6 Å². The quantitative estimate of drug-likeness (QED) is 0.782. The number of hydrogen-bond donors (Lipinski definition) is 1. The summed E-state index contributed by atoms with van der Waals surface area (Å²) < 4.78 is 17.8. The molecule has 0 saturated carbocycles. The van der Waals surface area contributed by atoms with Gasteiger partial charge in [0, 0.05) is 24.7 Å². The Kier molecular flexibility index (Phi) is 3.73. The van der Waals surface area contributed by atoms with Crippen molar-refractivity contribution in [2.24, 2.45) is 0 Å². The van der Waals surface area contributed by atoms with Crippen molar-refractivity contribution in [1.29, 1.82) is 0 Å². The summed E-state index contributed by atoms with van der Waals surface area (Å²) in [5, 5.41) is 9.42. The standard InChI is InChI=1S/C17H17NO5/c1-10-4-14-16(23-10)8-15(17(19)20)18(14)9-11-5-12(21-2)7-13(6-11)22-3/h4-8H,9H2,1-3H3,(H,19,20). The zero-order valence-electron chi connectivity index (χ0n) is 13.1. The summed E-state index contributed by atoms with van der Waals surface area (Å²) in [4.78, 5) is 11.5. The maximum atomic E-state index is 11.5. The lowest BCUT2D eigenvalue weighted by atomic mass is 10.2. The van der Waals surface area contributed by atoms with Crippen LogP contribution in [0.3, 0.4) is 0 Å². The second-order valence-electron chi connectivity index (χ2n) is 5.25. The highest BCUT2D eigenvalue weighted by atomic mass is 16.5. The minimum absolute atomic E-state index is 0.181. The summed E-state index contributed by atoms with van der Waals surface area (Å²) in [6.45, 7) is 2.21. The Morgan fingerprint density at radius 2 is 1.78 bits per heavy atom. The van der Waals surface area contributed by atoms with Crippen LogP contribution in [0.5, 0.6) is 11.5 Å². The number of aromatic carboxylic acids is 1. The van der Waals surface area contributed by atoms with Gasteiger partial charge in [-0.2, -0.15) is 0 Å². The van der Waals surface area contributed by atoms with E-state index in [4.69, 9.17) is 13.9 Å². The third kappa shape index (κ3) is 2.75. The van der Waals surface area contributed by atoms with E-state index in [2.05, 4.69) is 0 Å². The Morgan fingerprint density at radius 3 is 2.35 bits per heavy atom. The number of aromatic nitrogens is 1. The number of fused-ring (bicyclic) bond motifs is 1. The van der Waals surface area contributed by atoms with Crippen LogP contribution in [-0.2, 0) is 6.54 Å². The third-order valence-electron chi connectivity index (χ3n) is 3.68. The van der Waals surface area contributed by atoms with Crippen LogP contribution in [0.4, 0.5) is 0 Å². The Hall–Kier alpha value is -2.89. The SMILES string of the molecule is COc1cc(Cn2c(C(=O)O)cc3oc(C)cc32)cc(OC)c1. The Labute approximate surface area is 132 Å². The normalized spacial score (nSPS) is 10.9. The average Bonchev–Trinajstić information content (AvgIpc) is 3.04.